The number of nitrogens with one attached hydrogen (secondary N) is 2. The molecule has 0 aliphatic rings. The highest BCUT2D eigenvalue weighted by atomic mass is 35.5. The molecule has 140 valence electrons. The number of aromatic nitrogens is 3. The molecule has 0 saturated heterocycles. The first-order valence-electron chi connectivity index (χ1n) is 8.96. The third-order valence-electron chi connectivity index (χ3n) is 4.14. The second-order valence-electron chi connectivity index (χ2n) is 7.39. The molecule has 2 N–H and O–H groups in total. The van der Waals surface area contributed by atoms with E-state index in [0.29, 0.717) is 18.3 Å². The van der Waals surface area contributed by atoms with Crippen molar-refractivity contribution in [2.24, 2.45) is 0 Å². The molecule has 0 unspecified atom stereocenters. The van der Waals surface area contributed by atoms with Crippen LogP contribution in [0.15, 0.2) is 54.7 Å². The van der Waals surface area contributed by atoms with Crippen molar-refractivity contribution < 1.29 is 0 Å². The van der Waals surface area contributed by atoms with Crippen LogP contribution < -0.4 is 10.6 Å². The fourth-order valence-corrected chi connectivity index (χ4v) is 3.05. The number of hydrogen-bond acceptors (Lipinski definition) is 5. The van der Waals surface area contributed by atoms with Crippen molar-refractivity contribution >= 4 is 29.1 Å². The molecule has 6 heteroatoms. The summed E-state index contributed by atoms with van der Waals surface area (Å²) in [6.45, 7) is 7.27. The van der Waals surface area contributed by atoms with Gasteiger partial charge in [0.2, 0.25) is 5.95 Å². The van der Waals surface area contributed by atoms with Crippen LogP contribution in [0.3, 0.4) is 0 Å². The zero-order chi connectivity index (χ0) is 19.3. The predicted octanol–water partition coefficient (Wildman–Crippen LogP) is 5.22. The number of halogens is 1. The van der Waals surface area contributed by atoms with Gasteiger partial charge >= 0.3 is 0 Å². The quantitative estimate of drug-likeness (QED) is 0.612. The van der Waals surface area contributed by atoms with Gasteiger partial charge in [-0.15, -0.1) is 5.10 Å². The zero-order valence-corrected chi connectivity index (χ0v) is 16.6. The molecule has 0 aliphatic heterocycles. The number of hydrogen-bond donors (Lipinski definition) is 2. The Morgan fingerprint density at radius 2 is 1.85 bits per heavy atom. The van der Waals surface area contributed by atoms with Crippen LogP contribution in [-0.2, 0) is 11.8 Å². The first-order valence-corrected chi connectivity index (χ1v) is 9.34. The molecule has 5 nitrogen and oxygen atoms in total. The number of rotatable bonds is 6. The molecule has 3 rings (SSSR count). The lowest BCUT2D eigenvalue weighted by Crippen LogP contribution is -2.14. The summed E-state index contributed by atoms with van der Waals surface area (Å²) >= 11 is 6.02. The molecule has 0 amide bonds. The highest BCUT2D eigenvalue weighted by molar-refractivity contribution is 6.30. The van der Waals surface area contributed by atoms with Crippen molar-refractivity contribution in [1.29, 1.82) is 0 Å². The van der Waals surface area contributed by atoms with E-state index in [0.717, 1.165) is 22.7 Å². The van der Waals surface area contributed by atoms with Gasteiger partial charge in [0.15, 0.2) is 5.82 Å². The van der Waals surface area contributed by atoms with Gasteiger partial charge in [-0.05, 0) is 41.2 Å². The molecule has 0 saturated carbocycles. The molecule has 2 aromatic carbocycles. The van der Waals surface area contributed by atoms with Crippen molar-refractivity contribution in [3.63, 3.8) is 0 Å². The standard InChI is InChI=1S/C21H24ClN5/c1-21(2,3)17-9-4-5-10-18(17)25-19-14-24-27-20(26-19)23-12-11-15-7-6-8-16(22)13-15/h4-10,13-14H,11-12H2,1-3H3,(H2,23,25,26,27). The van der Waals surface area contributed by atoms with E-state index in [4.69, 9.17) is 11.6 Å². The SMILES string of the molecule is CC(C)(C)c1ccccc1Nc1cnnc(NCCc2cccc(Cl)c2)n1. The largest absolute Gasteiger partial charge is 0.353 e. The summed E-state index contributed by atoms with van der Waals surface area (Å²) < 4.78 is 0. The van der Waals surface area contributed by atoms with Crippen LogP contribution in [0.5, 0.6) is 0 Å². The van der Waals surface area contributed by atoms with E-state index in [-0.39, 0.29) is 5.41 Å². The van der Waals surface area contributed by atoms with Gasteiger partial charge in [0, 0.05) is 17.3 Å². The van der Waals surface area contributed by atoms with Crippen LogP contribution in [0.2, 0.25) is 5.02 Å². The fraction of sp³-hybridized carbons (Fsp3) is 0.286. The summed E-state index contributed by atoms with van der Waals surface area (Å²) in [5.74, 6) is 1.15. The average Bonchev–Trinajstić information content (AvgIpc) is 2.62. The number of benzene rings is 2. The molecular formula is C21H24ClN5. The van der Waals surface area contributed by atoms with Gasteiger partial charge in [0.25, 0.3) is 0 Å². The Balaban J connectivity index is 1.66. The van der Waals surface area contributed by atoms with Crippen molar-refractivity contribution in [3.05, 3.63) is 70.9 Å². The molecule has 27 heavy (non-hydrogen) atoms. The number of para-hydroxylation sites is 1. The highest BCUT2D eigenvalue weighted by Crippen LogP contribution is 2.30. The average molecular weight is 382 g/mol. The van der Waals surface area contributed by atoms with E-state index < -0.39 is 0 Å². The van der Waals surface area contributed by atoms with Gasteiger partial charge in [-0.3, -0.25) is 0 Å². The Bertz CT molecular complexity index is 905. The minimum absolute atomic E-state index is 0.0299. The Hall–Kier alpha value is -2.66. The maximum Gasteiger partial charge on any atom is 0.244 e. The van der Waals surface area contributed by atoms with Gasteiger partial charge in [-0.1, -0.05) is 62.7 Å². The van der Waals surface area contributed by atoms with E-state index >= 15 is 0 Å². The van der Waals surface area contributed by atoms with Gasteiger partial charge in [-0.25, -0.2) is 0 Å². The lowest BCUT2D eigenvalue weighted by molar-refractivity contribution is 0.592. The Morgan fingerprint density at radius 3 is 2.63 bits per heavy atom. The maximum absolute atomic E-state index is 6.02. The molecular weight excluding hydrogens is 358 g/mol. The summed E-state index contributed by atoms with van der Waals surface area (Å²) in [7, 11) is 0. The second-order valence-corrected chi connectivity index (χ2v) is 7.83. The van der Waals surface area contributed by atoms with Crippen molar-refractivity contribution in [3.8, 4) is 0 Å². The molecule has 0 atom stereocenters. The van der Waals surface area contributed by atoms with Crippen LogP contribution in [0, 0.1) is 0 Å². The first-order chi connectivity index (χ1) is 12.9. The highest BCUT2D eigenvalue weighted by Gasteiger charge is 2.17. The van der Waals surface area contributed by atoms with Gasteiger partial charge in [0.1, 0.15) is 0 Å². The Labute approximate surface area is 165 Å². The van der Waals surface area contributed by atoms with Crippen molar-refractivity contribution in [2.75, 3.05) is 17.2 Å². The van der Waals surface area contributed by atoms with Crippen LogP contribution in [0.1, 0.15) is 31.9 Å². The maximum atomic E-state index is 6.02. The van der Waals surface area contributed by atoms with Gasteiger partial charge in [-0.2, -0.15) is 10.1 Å². The topological polar surface area (TPSA) is 62.7 Å². The number of anilines is 3. The van der Waals surface area contributed by atoms with Gasteiger partial charge < -0.3 is 10.6 Å². The molecule has 0 radical (unpaired) electrons. The summed E-state index contributed by atoms with van der Waals surface area (Å²) in [4.78, 5) is 4.52. The predicted molar refractivity (Wildman–Crippen MR) is 112 cm³/mol. The van der Waals surface area contributed by atoms with Crippen LogP contribution in [0.25, 0.3) is 0 Å². The molecule has 3 aromatic rings. The van der Waals surface area contributed by atoms with Crippen molar-refractivity contribution in [2.45, 2.75) is 32.6 Å². The third kappa shape index (κ3) is 5.41. The van der Waals surface area contributed by atoms with E-state index in [2.05, 4.69) is 58.7 Å². The summed E-state index contributed by atoms with van der Waals surface area (Å²) in [6, 6.07) is 16.1. The lowest BCUT2D eigenvalue weighted by Gasteiger charge is -2.23. The minimum Gasteiger partial charge on any atom is -0.353 e. The second kappa shape index (κ2) is 8.35. The third-order valence-corrected chi connectivity index (χ3v) is 4.38. The number of nitrogens with zero attached hydrogens (tertiary/aromatic N) is 3. The van der Waals surface area contributed by atoms with E-state index in [9.17, 15) is 0 Å². The molecule has 0 aliphatic carbocycles. The molecule has 0 spiro atoms. The van der Waals surface area contributed by atoms with E-state index in [1.807, 2.05) is 36.4 Å². The monoisotopic (exact) mass is 381 g/mol. The molecule has 1 aromatic heterocycles. The Kier molecular flexibility index (Phi) is 5.91. The van der Waals surface area contributed by atoms with Crippen LogP contribution in [-0.4, -0.2) is 21.7 Å². The zero-order valence-electron chi connectivity index (χ0n) is 15.8. The lowest BCUT2D eigenvalue weighted by atomic mass is 9.86. The minimum atomic E-state index is 0.0299. The Morgan fingerprint density at radius 1 is 1.04 bits per heavy atom. The van der Waals surface area contributed by atoms with Crippen LogP contribution >= 0.6 is 11.6 Å². The summed E-state index contributed by atoms with van der Waals surface area (Å²) in [5.41, 5.74) is 3.44. The molecule has 0 fully saturated rings. The normalized spacial score (nSPS) is 11.3. The molecule has 0 bridgehead atoms. The van der Waals surface area contributed by atoms with E-state index in [1.165, 1.54) is 5.56 Å². The van der Waals surface area contributed by atoms with Crippen molar-refractivity contribution in [1.82, 2.24) is 15.2 Å². The summed E-state index contributed by atoms with van der Waals surface area (Å²) in [6.07, 6.45) is 2.45. The fourth-order valence-electron chi connectivity index (χ4n) is 2.83. The van der Waals surface area contributed by atoms with Crippen LogP contribution in [0.4, 0.5) is 17.5 Å². The van der Waals surface area contributed by atoms with Gasteiger partial charge in [0.05, 0.1) is 6.20 Å². The first kappa shape index (κ1) is 19.1. The van der Waals surface area contributed by atoms with E-state index in [1.54, 1.807) is 6.20 Å². The molecule has 1 heterocycles. The summed E-state index contributed by atoms with van der Waals surface area (Å²) in [5, 5.41) is 15.4. The smallest absolute Gasteiger partial charge is 0.244 e.